The zero-order valence-electron chi connectivity index (χ0n) is 13.4. The highest BCUT2D eigenvalue weighted by Gasteiger charge is 2.09. The number of ether oxygens (including phenoxy) is 2. The highest BCUT2D eigenvalue weighted by atomic mass is 16.6. The van der Waals surface area contributed by atoms with Crippen LogP contribution < -0.4 is 10.1 Å². The van der Waals surface area contributed by atoms with Crippen molar-refractivity contribution in [3.8, 4) is 5.75 Å². The highest BCUT2D eigenvalue weighted by Crippen LogP contribution is 2.15. The van der Waals surface area contributed by atoms with Gasteiger partial charge in [-0.1, -0.05) is 0 Å². The van der Waals surface area contributed by atoms with E-state index >= 15 is 0 Å². The molecule has 124 valence electrons. The number of amides is 1. The van der Waals surface area contributed by atoms with Gasteiger partial charge >= 0.3 is 12.1 Å². The predicted molar refractivity (Wildman–Crippen MR) is 88.5 cm³/mol. The summed E-state index contributed by atoms with van der Waals surface area (Å²) in [6, 6.07) is 12.5. The lowest BCUT2D eigenvalue weighted by Crippen LogP contribution is -2.16. The number of ketones is 1. The van der Waals surface area contributed by atoms with Crippen molar-refractivity contribution in [2.45, 2.75) is 13.8 Å². The van der Waals surface area contributed by atoms with Gasteiger partial charge in [-0.3, -0.25) is 10.1 Å². The molecule has 1 amide bonds. The number of hydrogen-bond acceptors (Lipinski definition) is 5. The summed E-state index contributed by atoms with van der Waals surface area (Å²) in [6.07, 6.45) is -0.672. The molecule has 0 saturated heterocycles. The lowest BCUT2D eigenvalue weighted by Gasteiger charge is -2.08. The quantitative estimate of drug-likeness (QED) is 0.669. The summed E-state index contributed by atoms with van der Waals surface area (Å²) in [4.78, 5) is 34.6. The van der Waals surface area contributed by atoms with Crippen LogP contribution in [0.3, 0.4) is 0 Å². The minimum absolute atomic E-state index is 0.0623. The van der Waals surface area contributed by atoms with Crippen LogP contribution in [0.5, 0.6) is 5.75 Å². The average Bonchev–Trinajstić information content (AvgIpc) is 2.56. The van der Waals surface area contributed by atoms with Crippen molar-refractivity contribution in [1.29, 1.82) is 0 Å². The van der Waals surface area contributed by atoms with Crippen LogP contribution >= 0.6 is 0 Å². The van der Waals surface area contributed by atoms with Gasteiger partial charge in [0, 0.05) is 11.3 Å². The molecule has 1 N–H and O–H groups in total. The molecule has 0 bridgehead atoms. The van der Waals surface area contributed by atoms with Gasteiger partial charge in [-0.25, -0.2) is 9.59 Å². The van der Waals surface area contributed by atoms with Gasteiger partial charge in [-0.15, -0.1) is 0 Å². The summed E-state index contributed by atoms with van der Waals surface area (Å²) in [5.41, 5.74) is 1.42. The molecule has 24 heavy (non-hydrogen) atoms. The van der Waals surface area contributed by atoms with Crippen LogP contribution in [0, 0.1) is 0 Å². The van der Waals surface area contributed by atoms with E-state index in [4.69, 9.17) is 9.47 Å². The molecule has 0 spiro atoms. The molecule has 0 aliphatic rings. The summed E-state index contributed by atoms with van der Waals surface area (Å²) in [7, 11) is 0. The molecule has 0 atom stereocenters. The van der Waals surface area contributed by atoms with Crippen LogP contribution in [0.25, 0.3) is 0 Å². The third-order valence-corrected chi connectivity index (χ3v) is 3.11. The second kappa shape index (κ2) is 7.92. The topological polar surface area (TPSA) is 81.7 Å². The van der Waals surface area contributed by atoms with Crippen molar-refractivity contribution in [2.75, 3.05) is 11.9 Å². The van der Waals surface area contributed by atoms with Crippen LogP contribution in [0.15, 0.2) is 48.5 Å². The summed E-state index contributed by atoms with van der Waals surface area (Å²) in [5, 5.41) is 2.55. The summed E-state index contributed by atoms with van der Waals surface area (Å²) >= 11 is 0. The number of benzene rings is 2. The minimum Gasteiger partial charge on any atom is -0.462 e. The monoisotopic (exact) mass is 327 g/mol. The van der Waals surface area contributed by atoms with Crippen molar-refractivity contribution in [3.05, 3.63) is 59.7 Å². The first-order valence-electron chi connectivity index (χ1n) is 7.36. The number of anilines is 1. The van der Waals surface area contributed by atoms with Gasteiger partial charge in [0.1, 0.15) is 5.75 Å². The third kappa shape index (κ3) is 4.67. The Morgan fingerprint density at radius 2 is 1.50 bits per heavy atom. The summed E-state index contributed by atoms with van der Waals surface area (Å²) in [5.74, 6) is -0.162. The Morgan fingerprint density at radius 1 is 0.917 bits per heavy atom. The van der Waals surface area contributed by atoms with Crippen molar-refractivity contribution in [2.24, 2.45) is 0 Å². The molecule has 0 aliphatic heterocycles. The molecule has 0 fully saturated rings. The maximum Gasteiger partial charge on any atom is 0.417 e. The van der Waals surface area contributed by atoms with E-state index in [0.717, 1.165) is 0 Å². The fraction of sp³-hybridized carbons (Fsp3) is 0.167. The molecule has 2 aromatic rings. The third-order valence-electron chi connectivity index (χ3n) is 3.11. The van der Waals surface area contributed by atoms with Crippen molar-refractivity contribution in [1.82, 2.24) is 0 Å². The maximum atomic E-state index is 11.8. The van der Waals surface area contributed by atoms with E-state index in [1.165, 1.54) is 6.92 Å². The summed E-state index contributed by atoms with van der Waals surface area (Å²) < 4.78 is 10.00. The Bertz CT molecular complexity index is 735. The number of carbonyl (C=O) groups is 3. The van der Waals surface area contributed by atoms with E-state index in [2.05, 4.69) is 5.32 Å². The highest BCUT2D eigenvalue weighted by molar-refractivity contribution is 5.94. The molecule has 6 heteroatoms. The van der Waals surface area contributed by atoms with Gasteiger partial charge in [0.25, 0.3) is 0 Å². The normalized spacial score (nSPS) is 9.92. The largest absolute Gasteiger partial charge is 0.462 e. The van der Waals surface area contributed by atoms with Crippen LogP contribution in [0.2, 0.25) is 0 Å². The van der Waals surface area contributed by atoms with Gasteiger partial charge in [-0.05, 0) is 62.4 Å². The average molecular weight is 327 g/mol. The maximum absolute atomic E-state index is 11.8. The predicted octanol–water partition coefficient (Wildman–Crippen LogP) is 3.68. The van der Waals surface area contributed by atoms with E-state index < -0.39 is 12.1 Å². The molecule has 6 nitrogen and oxygen atoms in total. The number of nitrogens with one attached hydrogen (secondary N) is 1. The first-order valence-corrected chi connectivity index (χ1v) is 7.36. The SMILES string of the molecule is CCOC(=O)c1ccc(NC(=O)Oc2ccc(C(C)=O)cc2)cc1. The lowest BCUT2D eigenvalue weighted by atomic mass is 10.1. The molecular weight excluding hydrogens is 310 g/mol. The molecular formula is C18H17NO5. The fourth-order valence-electron chi connectivity index (χ4n) is 1.91. The number of esters is 1. The summed E-state index contributed by atoms with van der Waals surface area (Å²) in [6.45, 7) is 3.49. The number of carbonyl (C=O) groups excluding carboxylic acids is 3. The Hall–Kier alpha value is -3.15. The van der Waals surface area contributed by atoms with E-state index in [1.54, 1.807) is 55.5 Å². The Balaban J connectivity index is 1.94. The number of rotatable bonds is 5. The molecule has 0 aromatic heterocycles. The first-order chi connectivity index (χ1) is 11.5. The van der Waals surface area contributed by atoms with E-state index in [1.807, 2.05) is 0 Å². The van der Waals surface area contributed by atoms with E-state index in [9.17, 15) is 14.4 Å². The minimum atomic E-state index is -0.672. The van der Waals surface area contributed by atoms with Gasteiger partial charge in [0.05, 0.1) is 12.2 Å². The van der Waals surface area contributed by atoms with Gasteiger partial charge in [-0.2, -0.15) is 0 Å². The number of hydrogen-bond donors (Lipinski definition) is 1. The van der Waals surface area contributed by atoms with Gasteiger partial charge < -0.3 is 9.47 Å². The molecule has 2 aromatic carbocycles. The van der Waals surface area contributed by atoms with Crippen molar-refractivity contribution in [3.63, 3.8) is 0 Å². The van der Waals surface area contributed by atoms with Crippen LogP contribution in [-0.2, 0) is 4.74 Å². The van der Waals surface area contributed by atoms with Gasteiger partial charge in [0.15, 0.2) is 5.78 Å². The van der Waals surface area contributed by atoms with Crippen molar-refractivity contribution < 1.29 is 23.9 Å². The molecule has 0 radical (unpaired) electrons. The van der Waals surface area contributed by atoms with E-state index in [-0.39, 0.29) is 5.78 Å². The Morgan fingerprint density at radius 3 is 2.04 bits per heavy atom. The van der Waals surface area contributed by atoms with Crippen LogP contribution in [-0.4, -0.2) is 24.5 Å². The fourth-order valence-corrected chi connectivity index (χ4v) is 1.91. The van der Waals surface area contributed by atoms with Crippen LogP contribution in [0.4, 0.5) is 10.5 Å². The molecule has 0 heterocycles. The molecule has 2 rings (SSSR count). The first kappa shape index (κ1) is 17.2. The Kier molecular flexibility index (Phi) is 5.68. The van der Waals surface area contributed by atoms with E-state index in [0.29, 0.717) is 29.2 Å². The second-order valence-electron chi connectivity index (χ2n) is 4.89. The van der Waals surface area contributed by atoms with Crippen LogP contribution in [0.1, 0.15) is 34.6 Å². The smallest absolute Gasteiger partial charge is 0.417 e. The lowest BCUT2D eigenvalue weighted by molar-refractivity contribution is 0.0526. The Labute approximate surface area is 139 Å². The second-order valence-corrected chi connectivity index (χ2v) is 4.89. The molecule has 0 aliphatic carbocycles. The zero-order valence-corrected chi connectivity index (χ0v) is 13.4. The van der Waals surface area contributed by atoms with Crippen molar-refractivity contribution >= 4 is 23.5 Å². The van der Waals surface area contributed by atoms with Gasteiger partial charge in [0.2, 0.25) is 0 Å². The molecule has 0 unspecified atom stereocenters. The standard InChI is InChI=1S/C18H17NO5/c1-3-23-17(21)14-4-8-15(9-5-14)19-18(22)24-16-10-6-13(7-11-16)12(2)20/h4-11H,3H2,1-2H3,(H,19,22). The zero-order chi connectivity index (χ0) is 17.5. The molecule has 0 saturated carbocycles. The number of Topliss-reactive ketones (excluding diaryl/α,β-unsaturated/α-hetero) is 1.